The van der Waals surface area contributed by atoms with E-state index < -0.39 is 28.0 Å². The van der Waals surface area contributed by atoms with Gasteiger partial charge < -0.3 is 10.8 Å². The molecule has 1 aromatic rings. The molecule has 6 nitrogen and oxygen atoms in total. The van der Waals surface area contributed by atoms with E-state index in [-0.39, 0.29) is 11.4 Å². The Hall–Kier alpha value is -1.09. The van der Waals surface area contributed by atoms with Gasteiger partial charge in [0.25, 0.3) is 0 Å². The van der Waals surface area contributed by atoms with Crippen LogP contribution in [0.5, 0.6) is 0 Å². The summed E-state index contributed by atoms with van der Waals surface area (Å²) in [5, 5.41) is 9.10. The standard InChI is InChI=1S/C9H14FN3O3S/c1-6(14)9(11)5-13-17(15,16)8-2-7(10)3-12-4-8/h2-4,6,9,13-14H,5,11H2,1H3. The van der Waals surface area contributed by atoms with Crippen LogP contribution < -0.4 is 10.5 Å². The van der Waals surface area contributed by atoms with Gasteiger partial charge in [-0.3, -0.25) is 4.98 Å². The van der Waals surface area contributed by atoms with Gasteiger partial charge in [0, 0.05) is 18.8 Å². The molecule has 0 bridgehead atoms. The van der Waals surface area contributed by atoms with E-state index in [4.69, 9.17) is 10.8 Å². The second kappa shape index (κ2) is 5.50. The van der Waals surface area contributed by atoms with E-state index >= 15 is 0 Å². The van der Waals surface area contributed by atoms with Gasteiger partial charge in [-0.25, -0.2) is 17.5 Å². The number of aliphatic hydroxyl groups is 1. The van der Waals surface area contributed by atoms with E-state index in [1.807, 2.05) is 0 Å². The molecule has 2 atom stereocenters. The van der Waals surface area contributed by atoms with E-state index in [0.29, 0.717) is 0 Å². The lowest BCUT2D eigenvalue weighted by molar-refractivity contribution is 0.164. The van der Waals surface area contributed by atoms with Crippen LogP contribution in [0.2, 0.25) is 0 Å². The van der Waals surface area contributed by atoms with E-state index in [1.54, 1.807) is 0 Å². The molecule has 0 aromatic carbocycles. The zero-order valence-electron chi connectivity index (χ0n) is 9.17. The van der Waals surface area contributed by atoms with Crippen LogP contribution in [-0.4, -0.2) is 37.2 Å². The molecule has 0 amide bonds. The number of pyridine rings is 1. The van der Waals surface area contributed by atoms with Crippen LogP contribution in [-0.2, 0) is 10.0 Å². The first-order valence-corrected chi connectivity index (χ1v) is 6.35. The molecule has 17 heavy (non-hydrogen) atoms. The molecular weight excluding hydrogens is 249 g/mol. The summed E-state index contributed by atoms with van der Waals surface area (Å²) in [4.78, 5) is 3.16. The maximum Gasteiger partial charge on any atom is 0.242 e. The summed E-state index contributed by atoms with van der Waals surface area (Å²) in [6.45, 7) is 1.30. The van der Waals surface area contributed by atoms with Crippen molar-refractivity contribution < 1.29 is 17.9 Å². The first-order chi connectivity index (χ1) is 7.83. The van der Waals surface area contributed by atoms with Crippen LogP contribution in [0.4, 0.5) is 4.39 Å². The van der Waals surface area contributed by atoms with Gasteiger partial charge in [0.05, 0.1) is 12.3 Å². The number of nitrogens with zero attached hydrogens (tertiary/aromatic N) is 1. The first kappa shape index (κ1) is 14.0. The topological polar surface area (TPSA) is 105 Å². The van der Waals surface area contributed by atoms with Crippen molar-refractivity contribution in [3.8, 4) is 0 Å². The highest BCUT2D eigenvalue weighted by molar-refractivity contribution is 7.89. The van der Waals surface area contributed by atoms with E-state index in [2.05, 4.69) is 9.71 Å². The molecule has 1 aromatic heterocycles. The molecule has 96 valence electrons. The zero-order valence-corrected chi connectivity index (χ0v) is 9.98. The lowest BCUT2D eigenvalue weighted by atomic mass is 10.2. The summed E-state index contributed by atoms with van der Waals surface area (Å²) in [5.74, 6) is -0.743. The normalized spacial score (nSPS) is 15.5. The molecule has 0 fully saturated rings. The van der Waals surface area contributed by atoms with Crippen molar-refractivity contribution in [3.63, 3.8) is 0 Å². The number of nitrogens with two attached hydrogens (primary N) is 1. The van der Waals surface area contributed by atoms with Crippen molar-refractivity contribution in [2.24, 2.45) is 5.73 Å². The third-order valence-electron chi connectivity index (χ3n) is 2.12. The quantitative estimate of drug-likeness (QED) is 0.645. The summed E-state index contributed by atoms with van der Waals surface area (Å²) in [6.07, 6.45) is 1.09. The van der Waals surface area contributed by atoms with Crippen LogP contribution in [0, 0.1) is 5.82 Å². The van der Waals surface area contributed by atoms with Gasteiger partial charge in [0.2, 0.25) is 10.0 Å². The molecule has 0 radical (unpaired) electrons. The lowest BCUT2D eigenvalue weighted by Gasteiger charge is -2.15. The Bertz CT molecular complexity index is 478. The molecule has 8 heteroatoms. The van der Waals surface area contributed by atoms with Gasteiger partial charge >= 0.3 is 0 Å². The van der Waals surface area contributed by atoms with Gasteiger partial charge in [0.1, 0.15) is 10.7 Å². The monoisotopic (exact) mass is 263 g/mol. The highest BCUT2D eigenvalue weighted by Gasteiger charge is 2.18. The minimum absolute atomic E-state index is 0.142. The van der Waals surface area contributed by atoms with Crippen molar-refractivity contribution in [1.29, 1.82) is 0 Å². The van der Waals surface area contributed by atoms with Crippen LogP contribution in [0.1, 0.15) is 6.92 Å². The maximum atomic E-state index is 12.8. The number of sulfonamides is 1. The molecule has 1 heterocycles. The zero-order chi connectivity index (χ0) is 13.1. The number of hydrogen-bond acceptors (Lipinski definition) is 5. The number of aromatic nitrogens is 1. The Morgan fingerprint density at radius 1 is 1.59 bits per heavy atom. The van der Waals surface area contributed by atoms with Crippen LogP contribution in [0.15, 0.2) is 23.4 Å². The van der Waals surface area contributed by atoms with Gasteiger partial charge in [-0.15, -0.1) is 0 Å². The Morgan fingerprint density at radius 2 is 2.24 bits per heavy atom. The van der Waals surface area contributed by atoms with Crippen molar-refractivity contribution in [3.05, 3.63) is 24.3 Å². The van der Waals surface area contributed by atoms with Crippen LogP contribution in [0.3, 0.4) is 0 Å². The van der Waals surface area contributed by atoms with Gasteiger partial charge in [0.15, 0.2) is 0 Å². The largest absolute Gasteiger partial charge is 0.392 e. The number of hydrogen-bond donors (Lipinski definition) is 3. The Labute approximate surface area is 98.7 Å². The van der Waals surface area contributed by atoms with Crippen molar-refractivity contribution in [2.45, 2.75) is 24.0 Å². The SMILES string of the molecule is CC(O)C(N)CNS(=O)(=O)c1cncc(F)c1. The predicted molar refractivity (Wildman–Crippen MR) is 59.0 cm³/mol. The number of nitrogens with one attached hydrogen (secondary N) is 1. The average molecular weight is 263 g/mol. The number of halogens is 1. The summed E-state index contributed by atoms with van der Waals surface area (Å²) >= 11 is 0. The third kappa shape index (κ3) is 4.00. The minimum Gasteiger partial charge on any atom is -0.392 e. The van der Waals surface area contributed by atoms with Gasteiger partial charge in [-0.05, 0) is 13.0 Å². The smallest absolute Gasteiger partial charge is 0.242 e. The predicted octanol–water partition coefficient (Wildman–Crippen LogP) is -0.793. The highest BCUT2D eigenvalue weighted by atomic mass is 32.2. The Kier molecular flexibility index (Phi) is 4.52. The van der Waals surface area contributed by atoms with Crippen molar-refractivity contribution in [1.82, 2.24) is 9.71 Å². The van der Waals surface area contributed by atoms with Crippen molar-refractivity contribution in [2.75, 3.05) is 6.54 Å². The fraction of sp³-hybridized carbons (Fsp3) is 0.444. The molecule has 0 aliphatic heterocycles. The van der Waals surface area contributed by atoms with E-state index in [0.717, 1.165) is 18.5 Å². The summed E-state index contributed by atoms with van der Waals surface area (Å²) in [5.41, 5.74) is 5.46. The molecule has 0 spiro atoms. The van der Waals surface area contributed by atoms with Crippen LogP contribution in [0.25, 0.3) is 0 Å². The van der Waals surface area contributed by atoms with Gasteiger partial charge in [-0.2, -0.15) is 0 Å². The third-order valence-corrected chi connectivity index (χ3v) is 3.51. The van der Waals surface area contributed by atoms with Gasteiger partial charge in [-0.1, -0.05) is 0 Å². The number of aliphatic hydroxyl groups excluding tert-OH is 1. The van der Waals surface area contributed by atoms with Crippen molar-refractivity contribution >= 4 is 10.0 Å². The maximum absolute atomic E-state index is 12.8. The first-order valence-electron chi connectivity index (χ1n) is 4.87. The van der Waals surface area contributed by atoms with Crippen LogP contribution >= 0.6 is 0 Å². The number of rotatable bonds is 5. The second-order valence-electron chi connectivity index (χ2n) is 3.60. The molecule has 4 N–H and O–H groups in total. The molecular formula is C9H14FN3O3S. The summed E-state index contributed by atoms with van der Waals surface area (Å²) < 4.78 is 38.3. The Balaban J connectivity index is 2.76. The summed E-state index contributed by atoms with van der Waals surface area (Å²) in [6, 6.07) is 0.120. The summed E-state index contributed by atoms with van der Waals surface area (Å²) in [7, 11) is -3.85. The molecule has 0 aliphatic rings. The fourth-order valence-electron chi connectivity index (χ4n) is 0.999. The van der Waals surface area contributed by atoms with E-state index in [1.165, 1.54) is 6.92 Å². The molecule has 0 saturated carbocycles. The molecule has 0 saturated heterocycles. The Morgan fingerprint density at radius 3 is 2.76 bits per heavy atom. The second-order valence-corrected chi connectivity index (χ2v) is 5.36. The average Bonchev–Trinajstić information content (AvgIpc) is 2.26. The highest BCUT2D eigenvalue weighted by Crippen LogP contribution is 2.08. The fourth-order valence-corrected chi connectivity index (χ4v) is 2.05. The molecule has 2 unspecified atom stereocenters. The lowest BCUT2D eigenvalue weighted by Crippen LogP contribution is -2.43. The molecule has 0 aliphatic carbocycles. The minimum atomic E-state index is -3.85. The molecule has 1 rings (SSSR count). The van der Waals surface area contributed by atoms with E-state index in [9.17, 15) is 12.8 Å².